The number of nitrogens with one attached hydrogen (secondary N) is 1. The Balaban J connectivity index is 1.69. The number of nitrogens with two attached hydrogens (primary N) is 1. The molecule has 0 radical (unpaired) electrons. The van der Waals surface area contributed by atoms with Crippen LogP contribution in [0.3, 0.4) is 0 Å². The summed E-state index contributed by atoms with van der Waals surface area (Å²) >= 11 is 0. The van der Waals surface area contributed by atoms with Gasteiger partial charge in [-0.1, -0.05) is 42.5 Å². The first kappa shape index (κ1) is 20.8. The summed E-state index contributed by atoms with van der Waals surface area (Å²) in [4.78, 5) is 41.0. The quantitative estimate of drug-likeness (QED) is 0.496. The smallest absolute Gasteiger partial charge is 0.330 e. The Kier molecular flexibility index (Phi) is 5.42. The lowest BCUT2D eigenvalue weighted by molar-refractivity contribution is 0.0987. The van der Waals surface area contributed by atoms with Gasteiger partial charge in [-0.3, -0.25) is 19.1 Å². The van der Waals surface area contributed by atoms with E-state index in [-0.39, 0.29) is 29.4 Å². The molecule has 1 amide bonds. The van der Waals surface area contributed by atoms with Gasteiger partial charge in [-0.05, 0) is 23.8 Å². The molecule has 162 valence electrons. The third-order valence-corrected chi connectivity index (χ3v) is 4.95. The van der Waals surface area contributed by atoms with Crippen molar-refractivity contribution < 1.29 is 9.18 Å². The van der Waals surface area contributed by atoms with Crippen LogP contribution in [0.25, 0.3) is 5.69 Å². The largest absolute Gasteiger partial charge is 0.383 e. The molecule has 10 heteroatoms. The van der Waals surface area contributed by atoms with Crippen LogP contribution in [-0.2, 0) is 6.54 Å². The van der Waals surface area contributed by atoms with Crippen molar-refractivity contribution in [3.63, 3.8) is 0 Å². The third-order valence-electron chi connectivity index (χ3n) is 4.95. The van der Waals surface area contributed by atoms with Gasteiger partial charge in [-0.15, -0.1) is 0 Å². The molecule has 2 aromatic heterocycles. The molecule has 0 aliphatic rings. The van der Waals surface area contributed by atoms with E-state index in [1.165, 1.54) is 40.7 Å². The molecule has 0 fully saturated rings. The van der Waals surface area contributed by atoms with Crippen LogP contribution in [0.2, 0.25) is 0 Å². The van der Waals surface area contributed by atoms with Gasteiger partial charge >= 0.3 is 5.69 Å². The molecule has 2 aromatic carbocycles. The van der Waals surface area contributed by atoms with E-state index in [0.29, 0.717) is 0 Å². The van der Waals surface area contributed by atoms with E-state index >= 15 is 0 Å². The number of aromatic amines is 1. The summed E-state index contributed by atoms with van der Waals surface area (Å²) in [5, 5.41) is 4.12. The van der Waals surface area contributed by atoms with E-state index in [9.17, 15) is 18.8 Å². The summed E-state index contributed by atoms with van der Waals surface area (Å²) in [6.07, 6.45) is 1.43. The fourth-order valence-corrected chi connectivity index (χ4v) is 3.31. The minimum atomic E-state index is -0.804. The minimum absolute atomic E-state index is 0.0321. The summed E-state index contributed by atoms with van der Waals surface area (Å²) < 4.78 is 16.4. The SMILES string of the molecule is CN(C(=O)c1ccn(-c2ccccc2F)n1)c1c(N)n(Cc2ccccc2)c(=O)[nH]c1=O. The fraction of sp³-hybridized carbons (Fsp3) is 0.0909. The van der Waals surface area contributed by atoms with Crippen LogP contribution >= 0.6 is 0 Å². The van der Waals surface area contributed by atoms with Gasteiger partial charge in [0.15, 0.2) is 11.4 Å². The van der Waals surface area contributed by atoms with Crippen LogP contribution in [0.15, 0.2) is 76.4 Å². The van der Waals surface area contributed by atoms with Crippen LogP contribution < -0.4 is 21.9 Å². The average molecular weight is 434 g/mol. The fourth-order valence-electron chi connectivity index (χ4n) is 3.31. The number of rotatable bonds is 5. The number of carbonyl (C=O) groups excluding carboxylic acids is 1. The van der Waals surface area contributed by atoms with Gasteiger partial charge in [0.05, 0.1) is 6.54 Å². The maximum atomic E-state index is 14.0. The molecule has 2 heterocycles. The van der Waals surface area contributed by atoms with Crippen molar-refractivity contribution in [1.82, 2.24) is 19.3 Å². The second-order valence-corrected chi connectivity index (χ2v) is 7.03. The molecule has 0 unspecified atom stereocenters. The van der Waals surface area contributed by atoms with E-state index in [2.05, 4.69) is 10.1 Å². The number of H-pyrrole nitrogens is 1. The Morgan fingerprint density at radius 3 is 2.50 bits per heavy atom. The molecule has 4 aromatic rings. The van der Waals surface area contributed by atoms with Gasteiger partial charge in [0.1, 0.15) is 17.3 Å². The Hall–Kier alpha value is -4.47. The number of carbonyl (C=O) groups is 1. The highest BCUT2D eigenvalue weighted by Gasteiger charge is 2.24. The maximum absolute atomic E-state index is 14.0. The summed E-state index contributed by atoms with van der Waals surface area (Å²) in [5.41, 5.74) is 5.38. The predicted molar refractivity (Wildman–Crippen MR) is 118 cm³/mol. The summed E-state index contributed by atoms with van der Waals surface area (Å²) in [6.45, 7) is 0.110. The lowest BCUT2D eigenvalue weighted by Gasteiger charge is -2.19. The Bertz CT molecular complexity index is 1410. The van der Waals surface area contributed by atoms with Crippen LogP contribution in [0.1, 0.15) is 16.1 Å². The van der Waals surface area contributed by atoms with Crippen molar-refractivity contribution in [2.45, 2.75) is 6.54 Å². The normalized spacial score (nSPS) is 10.8. The number of halogens is 1. The number of anilines is 2. The molecule has 9 nitrogen and oxygen atoms in total. The Morgan fingerprint density at radius 1 is 1.09 bits per heavy atom. The zero-order chi connectivity index (χ0) is 22.8. The van der Waals surface area contributed by atoms with E-state index in [1.807, 2.05) is 18.2 Å². The maximum Gasteiger partial charge on any atom is 0.330 e. The van der Waals surface area contributed by atoms with Crippen molar-refractivity contribution in [3.8, 4) is 5.69 Å². The number of amides is 1. The molecule has 0 saturated heterocycles. The van der Waals surface area contributed by atoms with Gasteiger partial charge in [0, 0.05) is 13.2 Å². The van der Waals surface area contributed by atoms with Gasteiger partial charge in [-0.25, -0.2) is 13.9 Å². The van der Waals surface area contributed by atoms with Crippen LogP contribution in [-0.4, -0.2) is 32.3 Å². The van der Waals surface area contributed by atoms with Gasteiger partial charge in [0.25, 0.3) is 11.5 Å². The van der Waals surface area contributed by atoms with Gasteiger partial charge in [-0.2, -0.15) is 5.10 Å². The molecular weight excluding hydrogens is 415 g/mol. The van der Waals surface area contributed by atoms with Crippen molar-refractivity contribution in [3.05, 3.63) is 105 Å². The van der Waals surface area contributed by atoms with Gasteiger partial charge < -0.3 is 10.6 Å². The van der Waals surface area contributed by atoms with Crippen molar-refractivity contribution in [1.29, 1.82) is 0 Å². The Labute approximate surface area is 181 Å². The molecule has 0 atom stereocenters. The predicted octanol–water partition coefficient (Wildman–Crippen LogP) is 1.77. The minimum Gasteiger partial charge on any atom is -0.383 e. The van der Waals surface area contributed by atoms with Crippen LogP contribution in [0.5, 0.6) is 0 Å². The first-order valence-corrected chi connectivity index (χ1v) is 9.62. The molecule has 3 N–H and O–H groups in total. The van der Waals surface area contributed by atoms with E-state index in [1.54, 1.807) is 24.3 Å². The summed E-state index contributed by atoms with van der Waals surface area (Å²) in [5.74, 6) is -1.31. The molecule has 0 aliphatic heterocycles. The first-order valence-electron chi connectivity index (χ1n) is 9.62. The number of hydrogen-bond acceptors (Lipinski definition) is 5. The summed E-state index contributed by atoms with van der Waals surface area (Å²) in [6, 6.07) is 16.4. The van der Waals surface area contributed by atoms with Crippen molar-refractivity contribution >= 4 is 17.4 Å². The lowest BCUT2D eigenvalue weighted by Crippen LogP contribution is -2.39. The zero-order valence-electron chi connectivity index (χ0n) is 17.0. The highest BCUT2D eigenvalue weighted by molar-refractivity contribution is 6.05. The zero-order valence-corrected chi connectivity index (χ0v) is 17.0. The molecule has 4 rings (SSSR count). The number of nitrogens with zero attached hydrogens (tertiary/aromatic N) is 4. The highest BCUT2D eigenvalue weighted by atomic mass is 19.1. The number of para-hydroxylation sites is 1. The van der Waals surface area contributed by atoms with E-state index in [0.717, 1.165) is 10.5 Å². The number of aromatic nitrogens is 4. The number of benzene rings is 2. The first-order chi connectivity index (χ1) is 15.4. The molecular formula is C22H19FN6O3. The molecule has 0 bridgehead atoms. The Morgan fingerprint density at radius 2 is 1.78 bits per heavy atom. The second-order valence-electron chi connectivity index (χ2n) is 7.03. The van der Waals surface area contributed by atoms with Gasteiger partial charge in [0.2, 0.25) is 0 Å². The van der Waals surface area contributed by atoms with E-state index < -0.39 is 23.0 Å². The van der Waals surface area contributed by atoms with Crippen LogP contribution in [0, 0.1) is 5.82 Å². The molecule has 0 saturated carbocycles. The lowest BCUT2D eigenvalue weighted by atomic mass is 10.2. The second kappa shape index (κ2) is 8.34. The third kappa shape index (κ3) is 3.81. The standard InChI is InChI=1S/C22H19FN6O3/c1-27(21(31)16-11-12-29(26-16)17-10-6-5-9-15(17)23)18-19(24)28(22(32)25-20(18)30)13-14-7-3-2-4-8-14/h2-12H,13,24H2,1H3,(H,25,30,32). The topological polar surface area (TPSA) is 119 Å². The number of hydrogen-bond donors (Lipinski definition) is 2. The summed E-state index contributed by atoms with van der Waals surface area (Å²) in [7, 11) is 1.35. The molecule has 32 heavy (non-hydrogen) atoms. The molecule has 0 spiro atoms. The van der Waals surface area contributed by atoms with E-state index in [4.69, 9.17) is 5.73 Å². The van der Waals surface area contributed by atoms with Crippen LogP contribution in [0.4, 0.5) is 15.9 Å². The average Bonchev–Trinajstić information content (AvgIpc) is 3.27. The van der Waals surface area contributed by atoms with Crippen molar-refractivity contribution in [2.75, 3.05) is 17.7 Å². The number of nitrogen functional groups attached to an aromatic ring is 1. The monoisotopic (exact) mass is 434 g/mol. The van der Waals surface area contributed by atoms with Crippen molar-refractivity contribution in [2.24, 2.45) is 0 Å². The highest BCUT2D eigenvalue weighted by Crippen LogP contribution is 2.19. The molecule has 0 aliphatic carbocycles.